The molecule has 1 saturated heterocycles. The molecule has 4 aromatic carbocycles. The molecule has 6 atom stereocenters. The quantitative estimate of drug-likeness (QED) is 0.0713. The lowest BCUT2D eigenvalue weighted by atomic mass is 9.63. The molecule has 2 saturated carbocycles. The van der Waals surface area contributed by atoms with Crippen molar-refractivity contribution in [3.8, 4) is 22.4 Å². The molecule has 7 nitrogen and oxygen atoms in total. The van der Waals surface area contributed by atoms with Gasteiger partial charge in [0.25, 0.3) is 0 Å². The zero-order chi connectivity index (χ0) is 35.1. The molecule has 252 valence electrons. The van der Waals surface area contributed by atoms with Crippen molar-refractivity contribution in [3.63, 3.8) is 0 Å². The molecule has 6 unspecified atom stereocenters. The van der Waals surface area contributed by atoms with Crippen LogP contribution in [0.15, 0.2) is 108 Å². The molecule has 9 heteroatoms. The highest BCUT2D eigenvalue weighted by molar-refractivity contribution is 9.10. The summed E-state index contributed by atoms with van der Waals surface area (Å²) in [6.45, 7) is 1.38. The molecular weight excluding hydrogens is 728 g/mol. The summed E-state index contributed by atoms with van der Waals surface area (Å²) in [4.78, 5) is 60.4. The van der Waals surface area contributed by atoms with Gasteiger partial charge in [0.1, 0.15) is 0 Å². The molecule has 1 aliphatic heterocycles. The molecule has 2 bridgehead atoms. The second-order valence-corrected chi connectivity index (χ2v) is 15.1. The number of benzene rings is 4. The van der Waals surface area contributed by atoms with Gasteiger partial charge in [-0.25, -0.2) is 9.78 Å². The predicted molar refractivity (Wildman–Crippen MR) is 198 cm³/mol. The zero-order valence-corrected chi connectivity index (χ0v) is 29.7. The fourth-order valence-electron chi connectivity index (χ4n) is 8.54. The fourth-order valence-corrected chi connectivity index (χ4v) is 9.21. The Labute approximate surface area is 307 Å². The Kier molecular flexibility index (Phi) is 7.60. The van der Waals surface area contributed by atoms with Crippen molar-refractivity contribution in [2.45, 2.75) is 13.3 Å². The summed E-state index contributed by atoms with van der Waals surface area (Å²) < 4.78 is 6.20. The van der Waals surface area contributed by atoms with E-state index in [4.69, 9.17) is 21.3 Å². The first kappa shape index (κ1) is 32.0. The highest BCUT2D eigenvalue weighted by Gasteiger charge is 2.67. The Morgan fingerprint density at radius 2 is 1.45 bits per heavy atom. The third-order valence-corrected chi connectivity index (χ3v) is 12.5. The van der Waals surface area contributed by atoms with Crippen molar-refractivity contribution in [1.29, 1.82) is 0 Å². The number of carbonyl (C=O) groups is 4. The van der Waals surface area contributed by atoms with E-state index >= 15 is 0 Å². The van der Waals surface area contributed by atoms with Gasteiger partial charge in [0, 0.05) is 21.0 Å². The molecule has 2 amide bonds. The van der Waals surface area contributed by atoms with Gasteiger partial charge >= 0.3 is 5.97 Å². The van der Waals surface area contributed by atoms with Crippen LogP contribution in [0, 0.1) is 42.4 Å². The van der Waals surface area contributed by atoms with Crippen LogP contribution in [0.25, 0.3) is 33.3 Å². The first-order chi connectivity index (χ1) is 24.7. The number of imide groups is 1. The molecule has 3 fully saturated rings. The molecular formula is C42H30BrClN2O5. The Hall–Kier alpha value is -4.92. The number of allylic oxidation sites excluding steroid dienone is 2. The molecule has 5 aliphatic rings. The molecule has 51 heavy (non-hydrogen) atoms. The topological polar surface area (TPSA) is 93.6 Å². The van der Waals surface area contributed by atoms with Gasteiger partial charge in [-0.15, -0.1) is 0 Å². The number of rotatable bonds is 7. The number of carbonyl (C=O) groups excluding carboxylic acids is 4. The number of aromatic nitrogens is 1. The number of amides is 2. The number of ketones is 1. The van der Waals surface area contributed by atoms with Crippen molar-refractivity contribution >= 4 is 67.7 Å². The average molecular weight is 758 g/mol. The molecule has 4 aliphatic carbocycles. The van der Waals surface area contributed by atoms with Gasteiger partial charge in [0.05, 0.1) is 39.3 Å². The lowest BCUT2D eigenvalue weighted by Crippen LogP contribution is -2.40. The number of ether oxygens (including phenoxy) is 1. The van der Waals surface area contributed by atoms with Crippen LogP contribution in [-0.2, 0) is 14.3 Å². The fraction of sp³-hybridized carbons (Fsp3) is 0.214. The zero-order valence-electron chi connectivity index (χ0n) is 27.4. The third kappa shape index (κ3) is 5.18. The summed E-state index contributed by atoms with van der Waals surface area (Å²) in [6, 6.07) is 27.5. The van der Waals surface area contributed by atoms with Gasteiger partial charge in [-0.3, -0.25) is 19.3 Å². The number of nitrogens with zero attached hydrogens (tertiary/aromatic N) is 2. The van der Waals surface area contributed by atoms with Gasteiger partial charge < -0.3 is 4.74 Å². The van der Waals surface area contributed by atoms with E-state index in [0.717, 1.165) is 17.5 Å². The monoisotopic (exact) mass is 756 g/mol. The van der Waals surface area contributed by atoms with Crippen molar-refractivity contribution in [3.05, 3.63) is 129 Å². The van der Waals surface area contributed by atoms with Crippen LogP contribution in [0.4, 0.5) is 5.69 Å². The largest absolute Gasteiger partial charge is 0.454 e. The Morgan fingerprint density at radius 1 is 0.843 bits per heavy atom. The van der Waals surface area contributed by atoms with Crippen molar-refractivity contribution in [2.75, 3.05) is 11.5 Å². The highest BCUT2D eigenvalue weighted by Crippen LogP contribution is 2.65. The van der Waals surface area contributed by atoms with E-state index in [-0.39, 0.29) is 46.8 Å². The molecule has 2 heterocycles. The molecule has 0 spiro atoms. The number of pyridine rings is 1. The molecule has 0 N–H and O–H groups in total. The summed E-state index contributed by atoms with van der Waals surface area (Å²) in [5.74, 6) is -0.442. The van der Waals surface area contributed by atoms with Crippen LogP contribution in [0.3, 0.4) is 0 Å². The highest BCUT2D eigenvalue weighted by atomic mass is 79.9. The second kappa shape index (κ2) is 12.1. The van der Waals surface area contributed by atoms with Crippen molar-refractivity contribution in [2.24, 2.45) is 35.5 Å². The number of fused-ring (bicyclic) bond motifs is 1. The van der Waals surface area contributed by atoms with E-state index in [2.05, 4.69) is 28.1 Å². The number of Topliss-reactive ketones (excluding diaryl/α,β-unsaturated/α-hetero) is 1. The lowest BCUT2D eigenvalue weighted by Gasteiger charge is -2.37. The molecule has 10 rings (SSSR count). The number of hydrogen-bond acceptors (Lipinski definition) is 6. The van der Waals surface area contributed by atoms with Crippen molar-refractivity contribution < 1.29 is 23.9 Å². The van der Waals surface area contributed by atoms with E-state index in [9.17, 15) is 19.2 Å². The van der Waals surface area contributed by atoms with E-state index in [1.807, 2.05) is 49.4 Å². The summed E-state index contributed by atoms with van der Waals surface area (Å²) in [7, 11) is 0. The number of halogens is 2. The average Bonchev–Trinajstić information content (AvgIpc) is 3.95. The van der Waals surface area contributed by atoms with Gasteiger partial charge in [0.15, 0.2) is 12.4 Å². The Balaban J connectivity index is 0.986. The molecule has 5 aromatic rings. The predicted octanol–water partition coefficient (Wildman–Crippen LogP) is 8.89. The van der Waals surface area contributed by atoms with Gasteiger partial charge in [-0.05, 0) is 93.9 Å². The molecule has 0 radical (unpaired) electrons. The minimum atomic E-state index is -0.680. The summed E-state index contributed by atoms with van der Waals surface area (Å²) in [6.07, 6.45) is 5.44. The summed E-state index contributed by atoms with van der Waals surface area (Å²) in [5.41, 5.74) is 5.51. The SMILES string of the molecule is Cc1c(Cl)c(Br)cc2c(C(=O)OCC(=O)c3ccc(-c4ccccc4)cc3)cc(-c3ccc(N4C(=O)C5C6C=CC(C7CC67)C5C4=O)cc3)nc12. The van der Waals surface area contributed by atoms with Crippen LogP contribution in [0.5, 0.6) is 0 Å². The number of aryl methyl sites for hydroxylation is 1. The van der Waals surface area contributed by atoms with Crippen LogP contribution >= 0.6 is 27.5 Å². The first-order valence-corrected chi connectivity index (χ1v) is 18.2. The number of anilines is 1. The number of esters is 1. The first-order valence-electron chi connectivity index (χ1n) is 17.0. The maximum atomic E-state index is 13.7. The van der Waals surface area contributed by atoms with Crippen LogP contribution in [0.1, 0.15) is 32.7 Å². The third-order valence-electron chi connectivity index (χ3n) is 11.2. The van der Waals surface area contributed by atoms with Gasteiger partial charge in [-0.1, -0.05) is 90.5 Å². The maximum Gasteiger partial charge on any atom is 0.339 e. The minimum Gasteiger partial charge on any atom is -0.454 e. The van der Waals surface area contributed by atoms with E-state index in [0.29, 0.717) is 60.3 Å². The standard InChI is InChI=1S/C42H30BrClN2O5/c1-21-38(44)33(43)18-31-32(42(50)51-20-35(47)25-9-7-23(8-10-25)22-5-3-2-4-6-22)19-34(45-39(21)31)24-11-13-26(14-12-24)46-40(48)36-27-15-16-28(30-17-29(27)30)37(36)41(46)49/h2-16,18-19,27-30,36-37H,17,20H2,1H3. The maximum absolute atomic E-state index is 13.7. The minimum absolute atomic E-state index is 0.117. The van der Waals surface area contributed by atoms with Crippen LogP contribution in [0.2, 0.25) is 5.02 Å². The Bertz CT molecular complexity index is 2300. The number of hydrogen-bond donors (Lipinski definition) is 0. The lowest BCUT2D eigenvalue weighted by molar-refractivity contribution is -0.124. The van der Waals surface area contributed by atoms with Crippen LogP contribution in [-0.4, -0.2) is 35.2 Å². The summed E-state index contributed by atoms with van der Waals surface area (Å²) in [5, 5.41) is 0.982. The van der Waals surface area contributed by atoms with E-state index in [1.54, 1.807) is 48.5 Å². The second-order valence-electron chi connectivity index (χ2n) is 13.9. The Morgan fingerprint density at radius 3 is 2.10 bits per heavy atom. The van der Waals surface area contributed by atoms with E-state index < -0.39 is 12.6 Å². The molecule has 1 aromatic heterocycles. The van der Waals surface area contributed by atoms with Gasteiger partial charge in [-0.2, -0.15) is 0 Å². The van der Waals surface area contributed by atoms with Gasteiger partial charge in [0.2, 0.25) is 11.8 Å². The normalized spacial score (nSPS) is 24.1. The van der Waals surface area contributed by atoms with Crippen molar-refractivity contribution in [1.82, 2.24) is 4.98 Å². The van der Waals surface area contributed by atoms with Crippen LogP contribution < -0.4 is 4.90 Å². The smallest absolute Gasteiger partial charge is 0.339 e. The van der Waals surface area contributed by atoms with E-state index in [1.165, 1.54) is 4.90 Å². The summed E-state index contributed by atoms with van der Waals surface area (Å²) >= 11 is 10.1.